The Morgan fingerprint density at radius 3 is 2.19 bits per heavy atom. The van der Waals surface area contributed by atoms with E-state index in [1.165, 1.54) is 16.8 Å². The number of benzene rings is 2. The molecule has 2 aromatic carbocycles. The van der Waals surface area contributed by atoms with E-state index < -0.39 is 8.80 Å². The van der Waals surface area contributed by atoms with E-state index in [0.717, 1.165) is 5.02 Å². The monoisotopic (exact) mass is 246 g/mol. The highest BCUT2D eigenvalue weighted by Gasteiger charge is 2.07. The largest absolute Gasteiger partial charge is 0.0843 e. The highest BCUT2D eigenvalue weighted by atomic mass is 35.5. The third-order valence-corrected chi connectivity index (χ3v) is 5.68. The fraction of sp³-hybridized carbons (Fsp3) is 0.143. The minimum atomic E-state index is -0.846. The molecule has 0 N–H and O–H groups in total. The molecule has 2 heteroatoms. The first-order chi connectivity index (χ1) is 7.75. The Balaban J connectivity index is 2.08. The van der Waals surface area contributed by atoms with Gasteiger partial charge in [0.1, 0.15) is 0 Å². The molecule has 0 aromatic heterocycles. The van der Waals surface area contributed by atoms with Crippen LogP contribution in [0.15, 0.2) is 54.6 Å². The fourth-order valence-electron chi connectivity index (χ4n) is 1.87. The summed E-state index contributed by atoms with van der Waals surface area (Å²) in [5.41, 5.74) is 1.40. The van der Waals surface area contributed by atoms with Crippen LogP contribution in [0.25, 0.3) is 0 Å². The van der Waals surface area contributed by atoms with Crippen molar-refractivity contribution < 1.29 is 0 Å². The Kier molecular flexibility index (Phi) is 3.81. The van der Waals surface area contributed by atoms with Crippen LogP contribution in [0.5, 0.6) is 0 Å². The van der Waals surface area contributed by atoms with E-state index in [0.29, 0.717) is 0 Å². The molecule has 0 heterocycles. The molecule has 0 saturated carbocycles. The third-order valence-electron chi connectivity index (χ3n) is 2.82. The van der Waals surface area contributed by atoms with E-state index in [4.69, 9.17) is 11.6 Å². The molecule has 0 bridgehead atoms. The summed E-state index contributed by atoms with van der Waals surface area (Å²) in [5, 5.41) is 2.34. The Bertz CT molecular complexity index is 436. The standard InChI is InChI=1S/C14H15ClSi/c1-16(14-5-3-2-4-6-14)11-12-7-9-13(15)10-8-12/h2-10,16H,11H2,1H3. The van der Waals surface area contributed by atoms with Gasteiger partial charge in [0.25, 0.3) is 0 Å². The van der Waals surface area contributed by atoms with Crippen molar-refractivity contribution in [2.24, 2.45) is 0 Å². The lowest BCUT2D eigenvalue weighted by Crippen LogP contribution is -2.28. The Morgan fingerprint density at radius 2 is 1.56 bits per heavy atom. The van der Waals surface area contributed by atoms with Crippen molar-refractivity contribution in [3.63, 3.8) is 0 Å². The predicted molar refractivity (Wildman–Crippen MR) is 74.2 cm³/mol. The molecule has 0 spiro atoms. The number of rotatable bonds is 3. The molecule has 82 valence electrons. The lowest BCUT2D eigenvalue weighted by atomic mass is 10.2. The van der Waals surface area contributed by atoms with E-state index in [9.17, 15) is 0 Å². The van der Waals surface area contributed by atoms with Crippen molar-refractivity contribution in [2.75, 3.05) is 0 Å². The van der Waals surface area contributed by atoms with Gasteiger partial charge in [-0.05, 0) is 18.2 Å². The van der Waals surface area contributed by atoms with E-state index in [-0.39, 0.29) is 0 Å². The Morgan fingerprint density at radius 1 is 0.938 bits per heavy atom. The zero-order valence-electron chi connectivity index (χ0n) is 9.36. The van der Waals surface area contributed by atoms with Crippen LogP contribution in [0.2, 0.25) is 11.6 Å². The molecule has 0 aliphatic heterocycles. The van der Waals surface area contributed by atoms with Gasteiger partial charge >= 0.3 is 0 Å². The van der Waals surface area contributed by atoms with Crippen molar-refractivity contribution in [3.8, 4) is 0 Å². The van der Waals surface area contributed by atoms with Crippen molar-refractivity contribution in [3.05, 3.63) is 65.2 Å². The van der Waals surface area contributed by atoms with Crippen LogP contribution in [-0.2, 0) is 6.04 Å². The minimum Gasteiger partial charge on any atom is -0.0843 e. The molecule has 0 aliphatic carbocycles. The topological polar surface area (TPSA) is 0 Å². The van der Waals surface area contributed by atoms with Gasteiger partial charge in [0.05, 0.1) is 8.80 Å². The third kappa shape index (κ3) is 2.97. The van der Waals surface area contributed by atoms with Crippen molar-refractivity contribution in [2.45, 2.75) is 12.6 Å². The van der Waals surface area contributed by atoms with Crippen LogP contribution >= 0.6 is 11.6 Å². The van der Waals surface area contributed by atoms with Gasteiger partial charge in [0.15, 0.2) is 0 Å². The van der Waals surface area contributed by atoms with Crippen molar-refractivity contribution in [1.29, 1.82) is 0 Å². The molecule has 0 saturated heterocycles. The molecule has 1 unspecified atom stereocenters. The second-order valence-corrected chi connectivity index (χ2v) is 7.46. The van der Waals surface area contributed by atoms with Crippen molar-refractivity contribution in [1.82, 2.24) is 0 Å². The maximum absolute atomic E-state index is 5.88. The summed E-state index contributed by atoms with van der Waals surface area (Å²) in [4.78, 5) is 0. The predicted octanol–water partition coefficient (Wildman–Crippen LogP) is 3.19. The summed E-state index contributed by atoms with van der Waals surface area (Å²) in [7, 11) is -0.846. The summed E-state index contributed by atoms with van der Waals surface area (Å²) in [6.07, 6.45) is 0. The second kappa shape index (κ2) is 5.33. The maximum atomic E-state index is 5.88. The van der Waals surface area contributed by atoms with Crippen LogP contribution in [0.4, 0.5) is 0 Å². The lowest BCUT2D eigenvalue weighted by Gasteiger charge is -2.10. The lowest BCUT2D eigenvalue weighted by molar-refractivity contribution is 1.36. The summed E-state index contributed by atoms with van der Waals surface area (Å²) in [5.74, 6) is 0. The van der Waals surface area contributed by atoms with E-state index >= 15 is 0 Å². The first kappa shape index (κ1) is 11.4. The SMILES string of the molecule is C[SiH](Cc1ccc(Cl)cc1)c1ccccc1. The minimum absolute atomic E-state index is 0.817. The average Bonchev–Trinajstić information content (AvgIpc) is 2.33. The van der Waals surface area contributed by atoms with Crippen LogP contribution in [0.3, 0.4) is 0 Å². The maximum Gasteiger partial charge on any atom is 0.0720 e. The summed E-state index contributed by atoms with van der Waals surface area (Å²) >= 11 is 5.88. The molecule has 2 rings (SSSR count). The van der Waals surface area contributed by atoms with E-state index in [1.54, 1.807) is 0 Å². The van der Waals surface area contributed by atoms with Gasteiger partial charge in [0.2, 0.25) is 0 Å². The quantitative estimate of drug-likeness (QED) is 0.730. The summed E-state index contributed by atoms with van der Waals surface area (Å²) < 4.78 is 0. The van der Waals surface area contributed by atoms with E-state index in [2.05, 4.69) is 49.0 Å². The molecule has 2 aromatic rings. The smallest absolute Gasteiger partial charge is 0.0720 e. The molecule has 1 atom stereocenters. The zero-order chi connectivity index (χ0) is 11.4. The first-order valence-corrected chi connectivity index (χ1v) is 8.48. The fourth-order valence-corrected chi connectivity index (χ4v) is 4.09. The van der Waals surface area contributed by atoms with Gasteiger partial charge in [-0.1, -0.05) is 71.4 Å². The highest BCUT2D eigenvalue weighted by molar-refractivity contribution is 6.71. The van der Waals surface area contributed by atoms with Crippen LogP contribution in [0.1, 0.15) is 5.56 Å². The average molecular weight is 247 g/mol. The van der Waals surface area contributed by atoms with Gasteiger partial charge in [-0.25, -0.2) is 0 Å². The Labute approximate surface area is 103 Å². The van der Waals surface area contributed by atoms with Gasteiger partial charge in [0, 0.05) is 5.02 Å². The van der Waals surface area contributed by atoms with Gasteiger partial charge in [-0.2, -0.15) is 0 Å². The Hall–Kier alpha value is -1.05. The van der Waals surface area contributed by atoms with E-state index in [1.807, 2.05) is 12.1 Å². The van der Waals surface area contributed by atoms with Crippen molar-refractivity contribution >= 4 is 25.6 Å². The summed E-state index contributed by atoms with van der Waals surface area (Å²) in [6.45, 7) is 2.39. The van der Waals surface area contributed by atoms with Gasteiger partial charge in [-0.15, -0.1) is 0 Å². The van der Waals surface area contributed by atoms with Crippen LogP contribution in [-0.4, -0.2) is 8.80 Å². The molecule has 0 nitrogen and oxygen atoms in total. The zero-order valence-corrected chi connectivity index (χ0v) is 11.3. The molecule has 16 heavy (non-hydrogen) atoms. The molecular weight excluding hydrogens is 232 g/mol. The summed E-state index contributed by atoms with van der Waals surface area (Å²) in [6, 6.07) is 20.2. The number of halogens is 1. The number of hydrogen-bond acceptors (Lipinski definition) is 0. The molecule has 0 aliphatic rings. The molecule has 0 amide bonds. The highest BCUT2D eigenvalue weighted by Crippen LogP contribution is 2.10. The second-order valence-electron chi connectivity index (χ2n) is 4.14. The normalized spacial score (nSPS) is 12.4. The van der Waals surface area contributed by atoms with Gasteiger partial charge in [-0.3, -0.25) is 0 Å². The number of hydrogen-bond donors (Lipinski definition) is 0. The molecular formula is C14H15ClSi. The molecule has 0 radical (unpaired) electrons. The first-order valence-electron chi connectivity index (χ1n) is 5.55. The molecule has 0 fully saturated rings. The van der Waals surface area contributed by atoms with Crippen LogP contribution < -0.4 is 5.19 Å². The van der Waals surface area contributed by atoms with Gasteiger partial charge < -0.3 is 0 Å². The van der Waals surface area contributed by atoms with Crippen LogP contribution in [0, 0.1) is 0 Å².